The molecule has 1 fully saturated rings. The highest BCUT2D eigenvalue weighted by molar-refractivity contribution is 9.10. The van der Waals surface area contributed by atoms with Crippen molar-refractivity contribution in [1.82, 2.24) is 4.98 Å². The van der Waals surface area contributed by atoms with E-state index in [2.05, 4.69) is 20.9 Å². The topological polar surface area (TPSA) is 92.3 Å². The van der Waals surface area contributed by atoms with E-state index in [1.807, 2.05) is 18.2 Å². The maximum Gasteiger partial charge on any atom is 0.417 e. The number of fused-ring (bicyclic) bond motifs is 2. The molecule has 2 aliphatic rings. The minimum Gasteiger partial charge on any atom is -0.490 e. The van der Waals surface area contributed by atoms with Gasteiger partial charge in [0, 0.05) is 45.6 Å². The molecule has 0 atom stereocenters. The first-order valence-electron chi connectivity index (χ1n) is 11.8. The zero-order valence-electron chi connectivity index (χ0n) is 19.7. The first-order chi connectivity index (χ1) is 17.6. The molecule has 1 amide bonds. The Hall–Kier alpha value is -3.40. The van der Waals surface area contributed by atoms with Gasteiger partial charge in [0.15, 0.2) is 0 Å². The van der Waals surface area contributed by atoms with Crippen LogP contribution in [-0.4, -0.2) is 23.2 Å². The van der Waals surface area contributed by atoms with E-state index >= 15 is 0 Å². The smallest absolute Gasteiger partial charge is 0.417 e. The van der Waals surface area contributed by atoms with Crippen molar-refractivity contribution in [3.8, 4) is 5.75 Å². The Bertz CT molecular complexity index is 1370. The minimum atomic E-state index is -4.51. The summed E-state index contributed by atoms with van der Waals surface area (Å²) < 4.78 is 46.7. The van der Waals surface area contributed by atoms with Crippen LogP contribution in [0, 0.1) is 5.41 Å². The van der Waals surface area contributed by atoms with E-state index in [9.17, 15) is 18.0 Å². The summed E-state index contributed by atoms with van der Waals surface area (Å²) in [7, 11) is 0. The second-order valence-corrected chi connectivity index (χ2v) is 10.3. The lowest BCUT2D eigenvalue weighted by Crippen LogP contribution is -2.44. The summed E-state index contributed by atoms with van der Waals surface area (Å²) in [6, 6.07) is 11.8. The number of hydrogen-bond acceptors (Lipinski definition) is 5. The van der Waals surface area contributed by atoms with Crippen LogP contribution in [0.15, 0.2) is 59.3 Å². The Morgan fingerprint density at radius 2 is 1.95 bits per heavy atom. The molecule has 0 radical (unpaired) electrons. The number of anilines is 2. The van der Waals surface area contributed by atoms with Crippen molar-refractivity contribution in [3.63, 3.8) is 0 Å². The minimum absolute atomic E-state index is 0.00127. The van der Waals surface area contributed by atoms with Gasteiger partial charge in [-0.05, 0) is 67.6 Å². The van der Waals surface area contributed by atoms with Crippen LogP contribution in [0.1, 0.15) is 47.9 Å². The standard InChI is InChI=1S/C27H24BrF3N4O2/c28-21-2-1-3-23-24(21)26(25(36)35(23)15-16-10-18(14-34-13-16)27(29,30)31)8-6-19(7-9-26)37-20-4-5-22(33)17(11-20)12-32/h1-5,10-14,19,32H,6-9,15,33H2. The molecule has 3 aromatic rings. The fraction of sp³-hybridized carbons (Fsp3) is 0.296. The molecule has 0 bridgehead atoms. The number of aromatic nitrogens is 1. The third kappa shape index (κ3) is 4.58. The molecule has 1 saturated carbocycles. The van der Waals surface area contributed by atoms with Gasteiger partial charge in [-0.25, -0.2) is 0 Å². The zero-order valence-corrected chi connectivity index (χ0v) is 21.3. The molecule has 0 saturated heterocycles. The Morgan fingerprint density at radius 3 is 2.65 bits per heavy atom. The number of nitrogen functional groups attached to an aromatic ring is 1. The molecule has 3 N–H and O–H groups in total. The predicted octanol–water partition coefficient (Wildman–Crippen LogP) is 6.25. The van der Waals surface area contributed by atoms with E-state index in [-0.39, 0.29) is 18.6 Å². The van der Waals surface area contributed by atoms with Crippen molar-refractivity contribution in [1.29, 1.82) is 5.41 Å². The summed E-state index contributed by atoms with van der Waals surface area (Å²) in [6.45, 7) is -0.00127. The molecule has 2 aromatic carbocycles. The molecule has 10 heteroatoms. The van der Waals surface area contributed by atoms with E-state index in [0.29, 0.717) is 53.9 Å². The summed E-state index contributed by atoms with van der Waals surface area (Å²) >= 11 is 3.62. The number of hydrogen-bond donors (Lipinski definition) is 2. The number of nitrogens with zero attached hydrogens (tertiary/aromatic N) is 2. The second-order valence-electron chi connectivity index (χ2n) is 9.44. The van der Waals surface area contributed by atoms with Gasteiger partial charge in [-0.3, -0.25) is 9.78 Å². The van der Waals surface area contributed by atoms with Crippen molar-refractivity contribution in [2.45, 2.75) is 49.9 Å². The summed E-state index contributed by atoms with van der Waals surface area (Å²) in [6.07, 6.45) is 1.02. The van der Waals surface area contributed by atoms with Crippen LogP contribution >= 0.6 is 15.9 Å². The average Bonchev–Trinajstić information content (AvgIpc) is 3.10. The number of alkyl halides is 3. The van der Waals surface area contributed by atoms with Crippen LogP contribution in [-0.2, 0) is 22.9 Å². The fourth-order valence-electron chi connectivity index (χ4n) is 5.36. The summed E-state index contributed by atoms with van der Waals surface area (Å²) in [5.41, 5.74) is 7.21. The maximum atomic E-state index is 13.9. The first-order valence-corrected chi connectivity index (χ1v) is 12.6. The lowest BCUT2D eigenvalue weighted by atomic mass is 9.69. The zero-order chi connectivity index (χ0) is 26.4. The first kappa shape index (κ1) is 25.3. The van der Waals surface area contributed by atoms with Crippen LogP contribution < -0.4 is 15.4 Å². The molecule has 1 aliphatic heterocycles. The van der Waals surface area contributed by atoms with E-state index in [0.717, 1.165) is 22.3 Å². The Morgan fingerprint density at radius 1 is 1.19 bits per heavy atom. The van der Waals surface area contributed by atoms with Gasteiger partial charge in [0.25, 0.3) is 0 Å². The Balaban J connectivity index is 1.39. The summed E-state index contributed by atoms with van der Waals surface area (Å²) in [5.74, 6) is 0.496. The number of rotatable bonds is 5. The molecule has 2 heterocycles. The summed E-state index contributed by atoms with van der Waals surface area (Å²) in [4.78, 5) is 19.3. The van der Waals surface area contributed by atoms with E-state index in [1.165, 1.54) is 12.4 Å². The quantitative estimate of drug-likeness (QED) is 0.279. The molecule has 1 spiro atoms. The number of amides is 1. The number of pyridine rings is 1. The highest BCUT2D eigenvalue weighted by atomic mass is 79.9. The molecule has 1 aromatic heterocycles. The van der Waals surface area contributed by atoms with Gasteiger partial charge in [-0.2, -0.15) is 13.2 Å². The average molecular weight is 573 g/mol. The normalized spacial score (nSPS) is 21.2. The van der Waals surface area contributed by atoms with Crippen molar-refractivity contribution >= 4 is 39.4 Å². The summed E-state index contributed by atoms with van der Waals surface area (Å²) in [5, 5.41) is 7.50. The van der Waals surface area contributed by atoms with Crippen molar-refractivity contribution in [2.24, 2.45) is 0 Å². The van der Waals surface area contributed by atoms with Gasteiger partial charge in [-0.1, -0.05) is 22.0 Å². The third-order valence-electron chi connectivity index (χ3n) is 7.18. The maximum absolute atomic E-state index is 13.9. The van der Waals surface area contributed by atoms with Crippen LogP contribution in [0.5, 0.6) is 5.75 Å². The highest BCUT2D eigenvalue weighted by Gasteiger charge is 2.53. The van der Waals surface area contributed by atoms with Gasteiger partial charge >= 0.3 is 6.18 Å². The number of nitrogens with one attached hydrogen (secondary N) is 1. The monoisotopic (exact) mass is 572 g/mol. The third-order valence-corrected chi connectivity index (χ3v) is 7.84. The van der Waals surface area contributed by atoms with Crippen LogP contribution in [0.25, 0.3) is 0 Å². The molecule has 6 nitrogen and oxygen atoms in total. The number of nitrogens with two attached hydrogens (primary N) is 1. The van der Waals surface area contributed by atoms with E-state index in [1.54, 1.807) is 23.1 Å². The van der Waals surface area contributed by atoms with Gasteiger partial charge in [0.1, 0.15) is 5.75 Å². The van der Waals surface area contributed by atoms with Gasteiger partial charge in [0.05, 0.1) is 23.6 Å². The molecule has 0 unspecified atom stereocenters. The Labute approximate surface area is 220 Å². The molecule has 37 heavy (non-hydrogen) atoms. The lowest BCUT2D eigenvalue weighted by Gasteiger charge is -2.37. The SMILES string of the molecule is N=Cc1cc(OC2CCC3(CC2)C(=O)N(Cc2cncc(C(F)(F)F)c2)c2cccc(Br)c23)ccc1N. The molecule has 192 valence electrons. The Kier molecular flexibility index (Phi) is 6.47. The van der Waals surface area contributed by atoms with Gasteiger partial charge < -0.3 is 20.8 Å². The molecule has 1 aliphatic carbocycles. The van der Waals surface area contributed by atoms with Gasteiger partial charge in [-0.15, -0.1) is 0 Å². The molecular formula is C27H24BrF3N4O2. The predicted molar refractivity (Wildman–Crippen MR) is 138 cm³/mol. The van der Waals surface area contributed by atoms with E-state index < -0.39 is 17.2 Å². The van der Waals surface area contributed by atoms with Crippen LogP contribution in [0.3, 0.4) is 0 Å². The number of carbonyl (C=O) groups excluding carboxylic acids is 1. The van der Waals surface area contributed by atoms with Crippen molar-refractivity contribution in [3.05, 3.63) is 81.6 Å². The largest absolute Gasteiger partial charge is 0.490 e. The number of ether oxygens (including phenoxy) is 1. The fourth-order valence-corrected chi connectivity index (χ4v) is 6.10. The van der Waals surface area contributed by atoms with E-state index in [4.69, 9.17) is 15.9 Å². The number of halogens is 4. The van der Waals surface area contributed by atoms with Crippen molar-refractivity contribution < 1.29 is 22.7 Å². The molecular weight excluding hydrogens is 549 g/mol. The van der Waals surface area contributed by atoms with Gasteiger partial charge in [0.2, 0.25) is 5.91 Å². The second kappa shape index (κ2) is 9.48. The van der Waals surface area contributed by atoms with Crippen LogP contribution in [0.4, 0.5) is 24.5 Å². The lowest BCUT2D eigenvalue weighted by molar-refractivity contribution is -0.137. The van der Waals surface area contributed by atoms with Crippen LogP contribution in [0.2, 0.25) is 0 Å². The van der Waals surface area contributed by atoms with Crippen molar-refractivity contribution in [2.75, 3.05) is 10.6 Å². The highest BCUT2D eigenvalue weighted by Crippen LogP contribution is 2.53. The molecule has 5 rings (SSSR count). The number of benzene rings is 2. The number of carbonyl (C=O) groups is 1.